The van der Waals surface area contributed by atoms with Crippen LogP contribution < -0.4 is 11.1 Å². The van der Waals surface area contributed by atoms with E-state index >= 15 is 0 Å². The quantitative estimate of drug-likeness (QED) is 0.685. The number of nitrogens with two attached hydrogens (primary N) is 1. The number of piperidine rings is 1. The lowest BCUT2D eigenvalue weighted by Crippen LogP contribution is -2.44. The van der Waals surface area contributed by atoms with Crippen LogP contribution in [0.4, 0.5) is 5.69 Å². The van der Waals surface area contributed by atoms with Crippen LogP contribution in [-0.2, 0) is 21.2 Å². The second-order valence-electron chi connectivity index (χ2n) is 6.63. The van der Waals surface area contributed by atoms with Crippen LogP contribution in [-0.4, -0.2) is 44.0 Å². The van der Waals surface area contributed by atoms with E-state index in [-0.39, 0.29) is 17.6 Å². The molecule has 0 saturated carbocycles. The van der Waals surface area contributed by atoms with Crippen LogP contribution in [0.1, 0.15) is 38.2 Å². The molecule has 2 rings (SSSR count). The zero-order chi connectivity index (χ0) is 18.3. The average molecular weight is 368 g/mol. The van der Waals surface area contributed by atoms with E-state index < -0.39 is 10.0 Å². The highest BCUT2D eigenvalue weighted by Crippen LogP contribution is 2.20. The van der Waals surface area contributed by atoms with Crippen molar-refractivity contribution in [2.24, 2.45) is 5.92 Å². The van der Waals surface area contributed by atoms with Crippen LogP contribution in [0.5, 0.6) is 0 Å². The summed E-state index contributed by atoms with van der Waals surface area (Å²) in [7, 11) is -3.16. The lowest BCUT2D eigenvalue weighted by atomic mass is 9.97. The Balaban J connectivity index is 1.72. The molecule has 0 aliphatic carbocycles. The fourth-order valence-electron chi connectivity index (χ4n) is 3.01. The molecule has 7 heteroatoms. The van der Waals surface area contributed by atoms with Crippen molar-refractivity contribution >= 4 is 21.6 Å². The Hall–Kier alpha value is -1.60. The highest BCUT2D eigenvalue weighted by molar-refractivity contribution is 7.89. The zero-order valence-electron chi connectivity index (χ0n) is 14.9. The molecule has 0 bridgehead atoms. The summed E-state index contributed by atoms with van der Waals surface area (Å²) in [5.41, 5.74) is 7.51. The maximum Gasteiger partial charge on any atom is 0.223 e. The molecule has 1 aromatic rings. The van der Waals surface area contributed by atoms with Gasteiger partial charge in [-0.1, -0.05) is 25.5 Å². The fraction of sp³-hybridized carbons (Fsp3) is 0.611. The van der Waals surface area contributed by atoms with E-state index in [4.69, 9.17) is 5.73 Å². The van der Waals surface area contributed by atoms with Gasteiger partial charge in [0.2, 0.25) is 15.9 Å². The molecule has 1 aliphatic rings. The number of nitrogen functional groups attached to an aromatic ring is 1. The predicted octanol–water partition coefficient (Wildman–Crippen LogP) is 1.77. The van der Waals surface area contributed by atoms with Crippen molar-refractivity contribution in [1.82, 2.24) is 9.62 Å². The Labute approximate surface area is 150 Å². The summed E-state index contributed by atoms with van der Waals surface area (Å²) in [5, 5.41) is 2.97. The van der Waals surface area contributed by atoms with E-state index in [1.54, 1.807) is 4.31 Å². The molecule has 1 heterocycles. The molecule has 0 radical (unpaired) electrons. The van der Waals surface area contributed by atoms with Crippen LogP contribution in [0.3, 0.4) is 0 Å². The maximum absolute atomic E-state index is 12.3. The Bertz CT molecular complexity index is 651. The third-order valence-corrected chi connectivity index (χ3v) is 6.62. The van der Waals surface area contributed by atoms with Gasteiger partial charge in [-0.25, -0.2) is 12.7 Å². The third-order valence-electron chi connectivity index (χ3n) is 4.67. The molecule has 0 aromatic heterocycles. The second-order valence-corrected chi connectivity index (χ2v) is 8.71. The van der Waals surface area contributed by atoms with Crippen LogP contribution in [0.25, 0.3) is 0 Å². The lowest BCUT2D eigenvalue weighted by Gasteiger charge is -2.30. The van der Waals surface area contributed by atoms with Crippen LogP contribution in [0.15, 0.2) is 24.3 Å². The van der Waals surface area contributed by atoms with Gasteiger partial charge in [0.05, 0.1) is 5.75 Å². The average Bonchev–Trinajstić information content (AvgIpc) is 2.62. The standard InChI is InChI=1S/C18H29N3O3S/c1-2-3-14-25(23,24)21-12-9-16(10-13-21)18(22)20-11-8-15-4-6-17(19)7-5-15/h4-7,16H,2-3,8-14,19H2,1H3,(H,20,22). The SMILES string of the molecule is CCCCS(=O)(=O)N1CCC(C(=O)NCCc2ccc(N)cc2)CC1. The molecule has 1 aliphatic heterocycles. The molecule has 0 atom stereocenters. The first kappa shape index (κ1) is 19.7. The van der Waals surface area contributed by atoms with Crippen molar-refractivity contribution in [3.8, 4) is 0 Å². The minimum Gasteiger partial charge on any atom is -0.399 e. The van der Waals surface area contributed by atoms with Gasteiger partial charge in [0.15, 0.2) is 0 Å². The number of rotatable bonds is 8. The first-order valence-electron chi connectivity index (χ1n) is 9.02. The Morgan fingerprint density at radius 1 is 1.24 bits per heavy atom. The number of unbranched alkanes of at least 4 members (excludes halogenated alkanes) is 1. The summed E-state index contributed by atoms with van der Waals surface area (Å²) >= 11 is 0. The van der Waals surface area contributed by atoms with Crippen molar-refractivity contribution in [3.63, 3.8) is 0 Å². The van der Waals surface area contributed by atoms with Crippen molar-refractivity contribution in [2.75, 3.05) is 31.1 Å². The van der Waals surface area contributed by atoms with Crippen LogP contribution >= 0.6 is 0 Å². The number of nitrogens with one attached hydrogen (secondary N) is 1. The summed E-state index contributed by atoms with van der Waals surface area (Å²) in [6.45, 7) is 3.46. The predicted molar refractivity (Wildman–Crippen MR) is 101 cm³/mol. The largest absolute Gasteiger partial charge is 0.399 e. The number of carbonyl (C=O) groups is 1. The van der Waals surface area contributed by atoms with Gasteiger partial charge in [0.1, 0.15) is 0 Å². The molecule has 6 nitrogen and oxygen atoms in total. The first-order chi connectivity index (χ1) is 11.9. The van der Waals surface area contributed by atoms with Crippen LogP contribution in [0.2, 0.25) is 0 Å². The van der Waals surface area contributed by atoms with E-state index in [0.29, 0.717) is 38.9 Å². The van der Waals surface area contributed by atoms with Crippen molar-refractivity contribution in [1.29, 1.82) is 0 Å². The highest BCUT2D eigenvalue weighted by Gasteiger charge is 2.30. The fourth-order valence-corrected chi connectivity index (χ4v) is 4.69. The van der Waals surface area contributed by atoms with E-state index in [2.05, 4.69) is 5.32 Å². The topological polar surface area (TPSA) is 92.5 Å². The monoisotopic (exact) mass is 367 g/mol. The summed E-state index contributed by atoms with van der Waals surface area (Å²) in [4.78, 5) is 12.3. The summed E-state index contributed by atoms with van der Waals surface area (Å²) in [6.07, 6.45) is 3.51. The van der Waals surface area contributed by atoms with Gasteiger partial charge in [0, 0.05) is 31.2 Å². The molecule has 1 fully saturated rings. The molecule has 3 N–H and O–H groups in total. The Morgan fingerprint density at radius 2 is 1.88 bits per heavy atom. The van der Waals surface area contributed by atoms with E-state index in [0.717, 1.165) is 24.1 Å². The summed E-state index contributed by atoms with van der Waals surface area (Å²) in [6, 6.07) is 7.62. The van der Waals surface area contributed by atoms with Gasteiger partial charge in [-0.3, -0.25) is 4.79 Å². The molecule has 1 aromatic carbocycles. The number of carbonyl (C=O) groups excluding carboxylic acids is 1. The summed E-state index contributed by atoms with van der Waals surface area (Å²) in [5.74, 6) is 0.146. The maximum atomic E-state index is 12.3. The Morgan fingerprint density at radius 3 is 2.48 bits per heavy atom. The second kappa shape index (κ2) is 9.20. The van der Waals surface area contributed by atoms with Crippen molar-refractivity contribution in [2.45, 2.75) is 39.0 Å². The van der Waals surface area contributed by atoms with Crippen molar-refractivity contribution < 1.29 is 13.2 Å². The van der Waals surface area contributed by atoms with Gasteiger partial charge in [-0.05, 0) is 43.4 Å². The molecule has 1 saturated heterocycles. The highest BCUT2D eigenvalue weighted by atomic mass is 32.2. The molecular weight excluding hydrogens is 338 g/mol. The minimum absolute atomic E-state index is 0.0288. The smallest absolute Gasteiger partial charge is 0.223 e. The number of hydrogen-bond donors (Lipinski definition) is 2. The first-order valence-corrected chi connectivity index (χ1v) is 10.6. The van der Waals surface area contributed by atoms with Crippen molar-refractivity contribution in [3.05, 3.63) is 29.8 Å². The van der Waals surface area contributed by atoms with Crippen LogP contribution in [0, 0.1) is 5.92 Å². The number of benzene rings is 1. The van der Waals surface area contributed by atoms with Gasteiger partial charge >= 0.3 is 0 Å². The Kier molecular flexibility index (Phi) is 7.25. The molecule has 140 valence electrons. The van der Waals surface area contributed by atoms with E-state index in [9.17, 15) is 13.2 Å². The minimum atomic E-state index is -3.16. The summed E-state index contributed by atoms with van der Waals surface area (Å²) < 4.78 is 25.9. The molecule has 0 unspecified atom stereocenters. The number of sulfonamides is 1. The molecule has 25 heavy (non-hydrogen) atoms. The van der Waals surface area contributed by atoms with E-state index in [1.807, 2.05) is 31.2 Å². The number of hydrogen-bond acceptors (Lipinski definition) is 4. The number of anilines is 1. The van der Waals surface area contributed by atoms with Gasteiger partial charge in [-0.15, -0.1) is 0 Å². The third kappa shape index (κ3) is 6.01. The zero-order valence-corrected chi connectivity index (χ0v) is 15.7. The molecule has 1 amide bonds. The molecule has 0 spiro atoms. The molecular formula is C18H29N3O3S. The van der Waals surface area contributed by atoms with Gasteiger partial charge < -0.3 is 11.1 Å². The van der Waals surface area contributed by atoms with Gasteiger partial charge in [0.25, 0.3) is 0 Å². The van der Waals surface area contributed by atoms with Gasteiger partial charge in [-0.2, -0.15) is 0 Å². The van der Waals surface area contributed by atoms with E-state index in [1.165, 1.54) is 0 Å². The lowest BCUT2D eigenvalue weighted by molar-refractivity contribution is -0.126. The normalized spacial score (nSPS) is 16.7. The number of amides is 1. The number of nitrogens with zero attached hydrogens (tertiary/aromatic N) is 1.